The Hall–Kier alpha value is -1.13. The van der Waals surface area contributed by atoms with Crippen LogP contribution >= 0.6 is 27.5 Å². The maximum atomic E-state index is 6.06. The molecule has 1 N–H and O–H groups in total. The molecule has 0 bridgehead atoms. The fourth-order valence-electron chi connectivity index (χ4n) is 1.97. The summed E-state index contributed by atoms with van der Waals surface area (Å²) in [6.45, 7) is 0. The number of nitrogens with one attached hydrogen (secondary N) is 1. The van der Waals surface area contributed by atoms with Gasteiger partial charge < -0.3 is 5.32 Å². The molecular weight excluding hydrogens is 326 g/mol. The molecule has 1 fully saturated rings. The molecular formula is C14H13BrClN3. The average Bonchev–Trinajstić information content (AvgIpc) is 3.25. The summed E-state index contributed by atoms with van der Waals surface area (Å²) in [5.41, 5.74) is 2.03. The summed E-state index contributed by atoms with van der Waals surface area (Å²) in [6.07, 6.45) is 2.44. The van der Waals surface area contributed by atoms with Gasteiger partial charge in [-0.2, -0.15) is 0 Å². The van der Waals surface area contributed by atoms with Crippen molar-refractivity contribution in [1.82, 2.24) is 9.97 Å². The number of aromatic nitrogens is 2. The highest BCUT2D eigenvalue weighted by molar-refractivity contribution is 9.10. The standard InChI is InChI=1S/C14H13BrClN3/c1-17-13-7-12(8-2-3-8)18-14(19-13)10-6-9(16)4-5-11(10)15/h4-8H,2-3H2,1H3,(H,17,18,19). The van der Waals surface area contributed by atoms with Crippen molar-refractivity contribution in [3.05, 3.63) is 39.5 Å². The van der Waals surface area contributed by atoms with Gasteiger partial charge in [-0.3, -0.25) is 0 Å². The van der Waals surface area contributed by atoms with Crippen molar-refractivity contribution >= 4 is 33.3 Å². The molecule has 0 saturated heterocycles. The molecule has 0 aliphatic heterocycles. The molecule has 0 radical (unpaired) electrons. The third-order valence-corrected chi connectivity index (χ3v) is 4.09. The lowest BCUT2D eigenvalue weighted by atomic mass is 10.2. The van der Waals surface area contributed by atoms with Gasteiger partial charge in [0.1, 0.15) is 5.82 Å². The largest absolute Gasteiger partial charge is 0.373 e. The van der Waals surface area contributed by atoms with E-state index in [-0.39, 0.29) is 0 Å². The van der Waals surface area contributed by atoms with E-state index < -0.39 is 0 Å². The topological polar surface area (TPSA) is 37.8 Å². The van der Waals surface area contributed by atoms with E-state index in [2.05, 4.69) is 31.2 Å². The smallest absolute Gasteiger partial charge is 0.162 e. The molecule has 1 aromatic heterocycles. The van der Waals surface area contributed by atoms with Gasteiger partial charge in [-0.15, -0.1) is 0 Å². The summed E-state index contributed by atoms with van der Waals surface area (Å²) < 4.78 is 0.951. The Morgan fingerprint density at radius 2 is 2.05 bits per heavy atom. The Kier molecular flexibility index (Phi) is 3.46. The van der Waals surface area contributed by atoms with E-state index in [9.17, 15) is 0 Å². The van der Waals surface area contributed by atoms with E-state index in [0.29, 0.717) is 16.8 Å². The average molecular weight is 339 g/mol. The Bertz CT molecular complexity index is 626. The highest BCUT2D eigenvalue weighted by Crippen LogP contribution is 2.40. The summed E-state index contributed by atoms with van der Waals surface area (Å²) >= 11 is 9.59. The van der Waals surface area contributed by atoms with Gasteiger partial charge in [-0.1, -0.05) is 27.5 Å². The van der Waals surface area contributed by atoms with E-state index >= 15 is 0 Å². The predicted octanol–water partition coefficient (Wildman–Crippen LogP) is 4.48. The van der Waals surface area contributed by atoms with Crippen LogP contribution in [-0.2, 0) is 0 Å². The highest BCUT2D eigenvalue weighted by atomic mass is 79.9. The Morgan fingerprint density at radius 3 is 2.74 bits per heavy atom. The van der Waals surface area contributed by atoms with E-state index in [1.165, 1.54) is 12.8 Å². The van der Waals surface area contributed by atoms with Crippen LogP contribution in [0.5, 0.6) is 0 Å². The van der Waals surface area contributed by atoms with Gasteiger partial charge in [0.25, 0.3) is 0 Å². The maximum absolute atomic E-state index is 6.06. The second kappa shape index (κ2) is 5.10. The lowest BCUT2D eigenvalue weighted by Crippen LogP contribution is -2.00. The van der Waals surface area contributed by atoms with Crippen LogP contribution in [0.3, 0.4) is 0 Å². The molecule has 0 amide bonds. The molecule has 3 nitrogen and oxygen atoms in total. The van der Waals surface area contributed by atoms with Crippen molar-refractivity contribution in [2.75, 3.05) is 12.4 Å². The van der Waals surface area contributed by atoms with E-state index in [4.69, 9.17) is 11.6 Å². The maximum Gasteiger partial charge on any atom is 0.162 e. The first-order valence-electron chi connectivity index (χ1n) is 6.19. The molecule has 19 heavy (non-hydrogen) atoms. The van der Waals surface area contributed by atoms with Gasteiger partial charge in [0.05, 0.1) is 0 Å². The lowest BCUT2D eigenvalue weighted by Gasteiger charge is -2.09. The molecule has 0 atom stereocenters. The minimum Gasteiger partial charge on any atom is -0.373 e. The fourth-order valence-corrected chi connectivity index (χ4v) is 2.57. The van der Waals surface area contributed by atoms with Crippen molar-refractivity contribution < 1.29 is 0 Å². The zero-order valence-electron chi connectivity index (χ0n) is 10.5. The van der Waals surface area contributed by atoms with Gasteiger partial charge in [0.2, 0.25) is 0 Å². The van der Waals surface area contributed by atoms with Crippen LogP contribution in [0.4, 0.5) is 5.82 Å². The van der Waals surface area contributed by atoms with Crippen LogP contribution in [0.2, 0.25) is 5.02 Å². The molecule has 5 heteroatoms. The minimum atomic E-state index is 0.590. The SMILES string of the molecule is CNc1cc(C2CC2)nc(-c2cc(Cl)ccc2Br)n1. The van der Waals surface area contributed by atoms with Gasteiger partial charge in [-0.05, 0) is 31.0 Å². The molecule has 1 aliphatic rings. The van der Waals surface area contributed by atoms with Crippen LogP contribution in [0, 0.1) is 0 Å². The molecule has 1 saturated carbocycles. The van der Waals surface area contributed by atoms with E-state index in [0.717, 1.165) is 21.5 Å². The number of rotatable bonds is 3. The monoisotopic (exact) mass is 337 g/mol. The summed E-state index contributed by atoms with van der Waals surface area (Å²) in [4.78, 5) is 9.20. The first-order chi connectivity index (χ1) is 9.17. The van der Waals surface area contributed by atoms with Crippen molar-refractivity contribution in [1.29, 1.82) is 0 Å². The molecule has 1 aliphatic carbocycles. The van der Waals surface area contributed by atoms with Crippen LogP contribution in [0.15, 0.2) is 28.7 Å². The summed E-state index contributed by atoms with van der Waals surface area (Å²) in [5, 5.41) is 3.78. The second-order valence-electron chi connectivity index (χ2n) is 4.65. The van der Waals surface area contributed by atoms with Crippen LogP contribution in [0.25, 0.3) is 11.4 Å². The summed E-state index contributed by atoms with van der Waals surface area (Å²) in [7, 11) is 1.87. The highest BCUT2D eigenvalue weighted by Gasteiger charge is 2.26. The summed E-state index contributed by atoms with van der Waals surface area (Å²) in [6, 6.07) is 7.68. The zero-order valence-corrected chi connectivity index (χ0v) is 12.8. The first kappa shape index (κ1) is 12.9. The fraction of sp³-hybridized carbons (Fsp3) is 0.286. The van der Waals surface area contributed by atoms with Crippen molar-refractivity contribution in [3.63, 3.8) is 0 Å². The minimum absolute atomic E-state index is 0.590. The molecule has 2 aromatic rings. The molecule has 3 rings (SSSR count). The van der Waals surface area contributed by atoms with Crippen molar-refractivity contribution in [2.45, 2.75) is 18.8 Å². The van der Waals surface area contributed by atoms with Crippen molar-refractivity contribution in [3.8, 4) is 11.4 Å². The number of benzene rings is 1. The number of hydrogen-bond donors (Lipinski definition) is 1. The summed E-state index contributed by atoms with van der Waals surface area (Å²) in [5.74, 6) is 2.15. The van der Waals surface area contributed by atoms with E-state index in [1.807, 2.05) is 31.3 Å². The van der Waals surface area contributed by atoms with Crippen LogP contribution in [-0.4, -0.2) is 17.0 Å². The predicted molar refractivity (Wildman–Crippen MR) is 81.7 cm³/mol. The third kappa shape index (κ3) is 2.74. The normalized spacial score (nSPS) is 14.5. The molecule has 0 unspecified atom stereocenters. The van der Waals surface area contributed by atoms with Gasteiger partial charge in [-0.25, -0.2) is 9.97 Å². The quantitative estimate of drug-likeness (QED) is 0.896. The number of nitrogens with zero attached hydrogens (tertiary/aromatic N) is 2. The van der Waals surface area contributed by atoms with Gasteiger partial charge in [0, 0.05) is 39.8 Å². The Morgan fingerprint density at radius 1 is 1.26 bits per heavy atom. The van der Waals surface area contributed by atoms with Gasteiger partial charge in [0.15, 0.2) is 5.82 Å². The first-order valence-corrected chi connectivity index (χ1v) is 7.36. The molecule has 0 spiro atoms. The third-order valence-electron chi connectivity index (χ3n) is 3.17. The number of hydrogen-bond acceptors (Lipinski definition) is 3. The molecule has 1 aromatic carbocycles. The van der Waals surface area contributed by atoms with Gasteiger partial charge >= 0.3 is 0 Å². The zero-order chi connectivity index (χ0) is 13.4. The Labute approximate surface area is 125 Å². The molecule has 98 valence electrons. The van der Waals surface area contributed by atoms with E-state index in [1.54, 1.807) is 0 Å². The number of halogens is 2. The van der Waals surface area contributed by atoms with Crippen LogP contribution < -0.4 is 5.32 Å². The second-order valence-corrected chi connectivity index (χ2v) is 5.94. The Balaban J connectivity index is 2.12. The molecule has 1 heterocycles. The number of anilines is 1. The van der Waals surface area contributed by atoms with Crippen LogP contribution in [0.1, 0.15) is 24.5 Å². The lowest BCUT2D eigenvalue weighted by molar-refractivity contribution is 0.994. The van der Waals surface area contributed by atoms with Crippen molar-refractivity contribution in [2.24, 2.45) is 0 Å².